The molecule has 0 atom stereocenters. The van der Waals surface area contributed by atoms with Crippen molar-refractivity contribution in [2.24, 2.45) is 0 Å². The van der Waals surface area contributed by atoms with Crippen LogP contribution in [-0.2, 0) is 16.0 Å². The molecule has 0 radical (unpaired) electrons. The van der Waals surface area contributed by atoms with Gasteiger partial charge >= 0.3 is 5.97 Å². The standard InChI is InChI=1S/C28H29N3O3/c1-16-6-7-20(10-17(16)2)13-25(32)21-8-9-23-24(14-21)31-28(30-23)27-18(3)11-22(12-19(27)4)29-15-26(33)34-5/h6-12,14,29H,13,15H2,1-5H3,(H,30,31). The van der Waals surface area contributed by atoms with Crippen LogP contribution in [0.15, 0.2) is 48.5 Å². The fraction of sp³-hybridized carbons (Fsp3) is 0.250. The lowest BCUT2D eigenvalue weighted by molar-refractivity contribution is -0.138. The molecule has 0 spiro atoms. The maximum atomic E-state index is 12.9. The molecular formula is C28H29N3O3. The molecule has 2 N–H and O–H groups in total. The monoisotopic (exact) mass is 455 g/mol. The van der Waals surface area contributed by atoms with E-state index in [0.717, 1.165) is 44.8 Å². The number of Topliss-reactive ketones (excluding diaryl/α,β-unsaturated/α-hetero) is 1. The second kappa shape index (κ2) is 9.51. The number of carbonyl (C=O) groups excluding carboxylic acids is 2. The number of H-pyrrole nitrogens is 1. The van der Waals surface area contributed by atoms with E-state index in [0.29, 0.717) is 12.0 Å². The summed E-state index contributed by atoms with van der Waals surface area (Å²) in [7, 11) is 1.37. The molecule has 0 aliphatic carbocycles. The number of nitrogens with one attached hydrogen (secondary N) is 2. The van der Waals surface area contributed by atoms with Gasteiger partial charge in [-0.25, -0.2) is 4.98 Å². The van der Waals surface area contributed by atoms with E-state index in [1.54, 1.807) is 0 Å². The third-order valence-corrected chi connectivity index (χ3v) is 6.17. The van der Waals surface area contributed by atoms with Crippen molar-refractivity contribution in [2.45, 2.75) is 34.1 Å². The number of carbonyl (C=O) groups is 2. The molecule has 0 amide bonds. The topological polar surface area (TPSA) is 84.1 Å². The minimum atomic E-state index is -0.320. The van der Waals surface area contributed by atoms with Gasteiger partial charge in [-0.15, -0.1) is 0 Å². The Hall–Kier alpha value is -3.93. The minimum absolute atomic E-state index is 0.0784. The number of rotatable bonds is 7. The molecule has 0 unspecified atom stereocenters. The van der Waals surface area contributed by atoms with Crippen molar-refractivity contribution in [3.8, 4) is 11.4 Å². The predicted molar refractivity (Wildman–Crippen MR) is 135 cm³/mol. The van der Waals surface area contributed by atoms with Gasteiger partial charge in [0.05, 0.1) is 18.1 Å². The molecule has 1 aromatic heterocycles. The number of imidazole rings is 1. The number of fused-ring (bicyclic) bond motifs is 1. The zero-order chi connectivity index (χ0) is 24.4. The summed E-state index contributed by atoms with van der Waals surface area (Å²) in [6, 6.07) is 15.7. The Morgan fingerprint density at radius 3 is 2.32 bits per heavy atom. The van der Waals surface area contributed by atoms with Crippen LogP contribution in [0.25, 0.3) is 22.4 Å². The Morgan fingerprint density at radius 1 is 0.912 bits per heavy atom. The van der Waals surface area contributed by atoms with E-state index in [-0.39, 0.29) is 18.3 Å². The fourth-order valence-corrected chi connectivity index (χ4v) is 4.19. The van der Waals surface area contributed by atoms with Gasteiger partial charge in [0, 0.05) is 23.2 Å². The lowest BCUT2D eigenvalue weighted by atomic mass is 9.99. The number of hydrogen-bond acceptors (Lipinski definition) is 5. The van der Waals surface area contributed by atoms with E-state index >= 15 is 0 Å². The zero-order valence-electron chi connectivity index (χ0n) is 20.2. The van der Waals surface area contributed by atoms with Crippen LogP contribution in [0.1, 0.15) is 38.2 Å². The molecule has 0 aliphatic rings. The van der Waals surface area contributed by atoms with Crippen molar-refractivity contribution in [1.29, 1.82) is 0 Å². The van der Waals surface area contributed by atoms with E-state index in [4.69, 9.17) is 4.98 Å². The number of ether oxygens (including phenoxy) is 1. The number of esters is 1. The van der Waals surface area contributed by atoms with Gasteiger partial charge in [-0.05, 0) is 85.8 Å². The highest BCUT2D eigenvalue weighted by Gasteiger charge is 2.15. The van der Waals surface area contributed by atoms with Crippen molar-refractivity contribution in [1.82, 2.24) is 9.97 Å². The first-order chi connectivity index (χ1) is 16.2. The smallest absolute Gasteiger partial charge is 0.325 e. The van der Waals surface area contributed by atoms with Crippen LogP contribution in [0.4, 0.5) is 5.69 Å². The largest absolute Gasteiger partial charge is 0.468 e. The van der Waals surface area contributed by atoms with Gasteiger partial charge in [-0.3, -0.25) is 9.59 Å². The van der Waals surface area contributed by atoms with E-state index in [1.165, 1.54) is 18.2 Å². The molecule has 34 heavy (non-hydrogen) atoms. The van der Waals surface area contributed by atoms with Gasteiger partial charge in [-0.2, -0.15) is 0 Å². The molecule has 0 bridgehead atoms. The Labute approximate surface area is 199 Å². The summed E-state index contributed by atoms with van der Waals surface area (Å²) in [6.07, 6.45) is 0.367. The first-order valence-corrected chi connectivity index (χ1v) is 11.3. The number of aromatic amines is 1. The van der Waals surface area contributed by atoms with Crippen molar-refractivity contribution in [2.75, 3.05) is 19.0 Å². The summed E-state index contributed by atoms with van der Waals surface area (Å²) in [4.78, 5) is 32.5. The summed E-state index contributed by atoms with van der Waals surface area (Å²) in [5.74, 6) is 0.512. The highest BCUT2D eigenvalue weighted by Crippen LogP contribution is 2.30. The number of nitrogens with zero attached hydrogens (tertiary/aromatic N) is 1. The average Bonchev–Trinajstić information content (AvgIpc) is 3.22. The molecular weight excluding hydrogens is 426 g/mol. The Balaban J connectivity index is 1.59. The van der Waals surface area contributed by atoms with Gasteiger partial charge in [-0.1, -0.05) is 18.2 Å². The summed E-state index contributed by atoms with van der Waals surface area (Å²) in [5.41, 5.74) is 9.63. The van der Waals surface area contributed by atoms with Crippen molar-refractivity contribution >= 4 is 28.5 Å². The van der Waals surface area contributed by atoms with Crippen molar-refractivity contribution < 1.29 is 14.3 Å². The average molecular weight is 456 g/mol. The quantitative estimate of drug-likeness (QED) is 0.285. The molecule has 0 fully saturated rings. The molecule has 1 heterocycles. The van der Waals surface area contributed by atoms with Crippen molar-refractivity contribution in [3.63, 3.8) is 0 Å². The summed E-state index contributed by atoms with van der Waals surface area (Å²) in [6.45, 7) is 8.26. The van der Waals surface area contributed by atoms with Crippen LogP contribution >= 0.6 is 0 Å². The molecule has 4 rings (SSSR count). The Morgan fingerprint density at radius 2 is 1.65 bits per heavy atom. The lowest BCUT2D eigenvalue weighted by Gasteiger charge is -2.12. The van der Waals surface area contributed by atoms with E-state index < -0.39 is 0 Å². The number of aromatic nitrogens is 2. The van der Waals surface area contributed by atoms with E-state index in [9.17, 15) is 9.59 Å². The molecule has 3 aromatic carbocycles. The Bertz CT molecular complexity index is 1380. The Kier molecular flexibility index (Phi) is 6.50. The molecule has 4 aromatic rings. The van der Waals surface area contributed by atoms with Crippen LogP contribution < -0.4 is 5.32 Å². The van der Waals surface area contributed by atoms with Crippen LogP contribution in [0.5, 0.6) is 0 Å². The van der Waals surface area contributed by atoms with Crippen LogP contribution in [0.2, 0.25) is 0 Å². The molecule has 174 valence electrons. The number of hydrogen-bond donors (Lipinski definition) is 2. The number of anilines is 1. The number of ketones is 1. The third kappa shape index (κ3) is 4.86. The lowest BCUT2D eigenvalue weighted by Crippen LogP contribution is -2.15. The highest BCUT2D eigenvalue weighted by molar-refractivity contribution is 6.00. The molecule has 0 saturated carbocycles. The second-order valence-electron chi connectivity index (χ2n) is 8.75. The van der Waals surface area contributed by atoms with Gasteiger partial charge < -0.3 is 15.0 Å². The summed E-state index contributed by atoms with van der Waals surface area (Å²) < 4.78 is 4.69. The van der Waals surface area contributed by atoms with E-state index in [2.05, 4.69) is 41.0 Å². The van der Waals surface area contributed by atoms with Gasteiger partial charge in [0.25, 0.3) is 0 Å². The number of benzene rings is 3. The van der Waals surface area contributed by atoms with Gasteiger partial charge in [0.2, 0.25) is 0 Å². The zero-order valence-corrected chi connectivity index (χ0v) is 20.2. The SMILES string of the molecule is COC(=O)CNc1cc(C)c(-c2nc3ccc(C(=O)Cc4ccc(C)c(C)c4)cc3[nH]2)c(C)c1. The summed E-state index contributed by atoms with van der Waals surface area (Å²) in [5, 5.41) is 3.09. The number of methoxy groups -OCH3 is 1. The van der Waals surface area contributed by atoms with E-state index in [1.807, 2.05) is 50.2 Å². The molecule has 0 aliphatic heterocycles. The summed E-state index contributed by atoms with van der Waals surface area (Å²) >= 11 is 0. The third-order valence-electron chi connectivity index (χ3n) is 6.17. The maximum Gasteiger partial charge on any atom is 0.325 e. The number of aryl methyl sites for hydroxylation is 4. The maximum absolute atomic E-state index is 12.9. The molecule has 0 saturated heterocycles. The van der Waals surface area contributed by atoms with Gasteiger partial charge in [0.1, 0.15) is 12.4 Å². The van der Waals surface area contributed by atoms with Crippen LogP contribution in [0.3, 0.4) is 0 Å². The van der Waals surface area contributed by atoms with Crippen LogP contribution in [0, 0.1) is 27.7 Å². The molecule has 6 heteroatoms. The van der Waals surface area contributed by atoms with Crippen molar-refractivity contribution in [3.05, 3.63) is 81.9 Å². The minimum Gasteiger partial charge on any atom is -0.468 e. The molecule has 6 nitrogen and oxygen atoms in total. The predicted octanol–water partition coefficient (Wildman–Crippen LogP) is 5.47. The second-order valence-corrected chi connectivity index (χ2v) is 8.75. The van der Waals surface area contributed by atoms with Crippen LogP contribution in [-0.4, -0.2) is 35.4 Å². The first kappa shape index (κ1) is 23.2. The highest BCUT2D eigenvalue weighted by atomic mass is 16.5. The van der Waals surface area contributed by atoms with Gasteiger partial charge in [0.15, 0.2) is 5.78 Å². The first-order valence-electron chi connectivity index (χ1n) is 11.3. The fourth-order valence-electron chi connectivity index (χ4n) is 4.19. The normalized spacial score (nSPS) is 11.0.